The normalized spacial score (nSPS) is 16.9. The number of imide groups is 4. The minimum Gasteiger partial charge on any atom is -0.317 e. The molecule has 19 rings (SSSR count). The van der Waals surface area contributed by atoms with Crippen molar-refractivity contribution in [1.82, 2.24) is 30.2 Å². The number of piperidine rings is 2. The van der Waals surface area contributed by atoms with Crippen LogP contribution in [0.4, 0.5) is 0 Å². The number of halogens is 1. The molecule has 14 nitrogen and oxygen atoms in total. The first-order valence-corrected chi connectivity index (χ1v) is 74.1. The van der Waals surface area contributed by atoms with Crippen LogP contribution >= 0.6 is 15.9 Å². The van der Waals surface area contributed by atoms with Gasteiger partial charge in [0, 0.05) is 217 Å². The summed E-state index contributed by atoms with van der Waals surface area (Å²) in [5.74, 6) is -1.50. The number of benzene rings is 10. The summed E-state index contributed by atoms with van der Waals surface area (Å²) in [6.07, 6.45) is 26.6. The van der Waals surface area contributed by atoms with Crippen molar-refractivity contribution >= 4 is 371 Å². The van der Waals surface area contributed by atoms with Crippen molar-refractivity contribution in [3.63, 3.8) is 0 Å². The predicted molar refractivity (Wildman–Crippen MR) is 631 cm³/mol. The van der Waals surface area contributed by atoms with Crippen molar-refractivity contribution in [3.05, 3.63) is 128 Å². The fraction of sp³-hybridized carbons (Fsp3) is 0.529. The molecule has 7 heterocycles. The summed E-state index contributed by atoms with van der Waals surface area (Å²) in [6.45, 7) is 21.7. The molecule has 10 aromatic carbocycles. The molecule has 2 aliphatic carbocycles. The third-order valence-corrected chi connectivity index (χ3v) is 66.9. The topological polar surface area (TPSA) is 174 Å². The fourth-order valence-electron chi connectivity index (χ4n) is 25.9. The van der Waals surface area contributed by atoms with Gasteiger partial charge in [0.25, 0.3) is 23.6 Å². The predicted octanol–water partition coefficient (Wildman–Crippen LogP) is 15.7. The summed E-state index contributed by atoms with van der Waals surface area (Å²) in [7, 11) is 69.7. The van der Waals surface area contributed by atoms with Crippen LogP contribution in [0.1, 0.15) is 331 Å². The fourth-order valence-corrected chi connectivity index (χ4v) is 62.1. The number of carbonyl (C=O) groups is 8. The van der Waals surface area contributed by atoms with E-state index in [1.165, 1.54) is 105 Å². The molecule has 2 saturated carbocycles. The molecule has 2 N–H and O–H groups in total. The van der Waals surface area contributed by atoms with E-state index >= 15 is 0 Å². The van der Waals surface area contributed by atoms with Crippen molar-refractivity contribution in [1.29, 1.82) is 0 Å². The van der Waals surface area contributed by atoms with Crippen LogP contribution in [0.25, 0.3) is 86.2 Å². The van der Waals surface area contributed by atoms with Gasteiger partial charge in [0.2, 0.25) is 0 Å². The Labute approximate surface area is 892 Å². The zero-order chi connectivity index (χ0) is 102. The van der Waals surface area contributed by atoms with Gasteiger partial charge in [-0.3, -0.25) is 29.0 Å². The molecular weight excluding hydrogens is 2110 g/mol. The molecule has 7 aliphatic heterocycles. The number of rotatable bonds is 37. The Morgan fingerprint density at radius 1 is 0.282 bits per heavy atom. The number of unbranched alkanes of at least 4 members (excludes halogenated alkanes) is 8. The second-order valence-electron chi connectivity index (χ2n) is 42.4. The van der Waals surface area contributed by atoms with Crippen LogP contribution in [0.3, 0.4) is 0 Å². The first-order chi connectivity index (χ1) is 68.5. The number of hydrogen-bond donors (Lipinski definition) is 2. The minimum atomic E-state index is -3.64. The summed E-state index contributed by atoms with van der Waals surface area (Å²) in [5.41, 5.74) is 4.87. The van der Waals surface area contributed by atoms with Gasteiger partial charge < -0.3 is 5.32 Å². The van der Waals surface area contributed by atoms with Crippen molar-refractivity contribution in [3.8, 4) is 0 Å². The van der Waals surface area contributed by atoms with E-state index in [4.69, 9.17) is 92.8 Å². The van der Waals surface area contributed by atoms with Gasteiger partial charge in [-0.25, -0.2) is 0 Å². The third-order valence-electron chi connectivity index (χ3n) is 33.1. The van der Waals surface area contributed by atoms with Gasteiger partial charge in [-0.15, -0.1) is 0 Å². The molecule has 142 heavy (non-hydrogen) atoms. The maximum absolute atomic E-state index is 14.8. The second kappa shape index (κ2) is 50.2. The second-order valence-corrected chi connectivity index (χ2v) is 72.5. The monoisotopic (exact) mass is 2240 g/mol. The van der Waals surface area contributed by atoms with Crippen LogP contribution in [-0.4, -0.2) is 332 Å². The van der Waals surface area contributed by atoms with E-state index in [-0.39, 0.29) is 71.4 Å². The number of nitrogens with zero attached hydrogens (tertiary/aromatic N) is 4. The quantitative estimate of drug-likeness (QED) is 0.0165. The Morgan fingerprint density at radius 2 is 0.521 bits per heavy atom. The first kappa shape index (κ1) is 112. The van der Waals surface area contributed by atoms with Gasteiger partial charge in [0.05, 0.1) is 0 Å². The van der Waals surface area contributed by atoms with E-state index in [9.17, 15) is 38.4 Å². The van der Waals surface area contributed by atoms with Crippen LogP contribution < -0.4 is 17.8 Å². The van der Waals surface area contributed by atoms with Crippen molar-refractivity contribution in [2.75, 3.05) is 26.2 Å². The molecular formula is C102H127B22BrN6O8Sn3. The summed E-state index contributed by atoms with van der Waals surface area (Å²) in [6, 6.07) is 25.6. The standard InChI is InChI=1S/C35H28BrN3O4.C35H27N3O4.8C4H9.B22.3Sn/c36-26-16-25-29-24(34(42)38(35(25)43)17-4-2-1-3-5-17)10-7-20-19-6-9-22-28-23(11-8-21(27(19)28)30(26)31(20)29)33(41)39(32(22)40)18-12-14-37-15-13-18;39-32-24-10-6-20-22-8-12-26-31-27(35(42)38(34(26)41)19-14-16-36-17-15-19)13-9-23(29(22)31)21-7-11-25(30(24)28(20)21)33(40)37(32)18-4-2-1-3-5-18;8*1-3-4-2;1-13(2)19(14(3)4)22(20(15(5)6)16(7)8)21(17(9)10)18(11)12;;;/h6-11,16-18,37H,1-5,12-15H2;6,8,10-13,18-19,36H,1-5,14-17H2;8*1,3-4H2,2H3;;;;. The number of fused-ring (bicyclic) bond motifs is 3. The van der Waals surface area contributed by atoms with Gasteiger partial charge in [0.1, 0.15) is 0 Å². The van der Waals surface area contributed by atoms with Crippen LogP contribution in [0, 0.1) is 0 Å². The Kier molecular flexibility index (Phi) is 39.5. The number of nitrogens with one attached hydrogen (secondary N) is 2. The molecule has 26 radical (unpaired) electrons. The van der Waals surface area contributed by atoms with Crippen LogP contribution in [0.5, 0.6) is 0 Å². The Morgan fingerprint density at radius 3 is 0.796 bits per heavy atom. The molecule has 4 fully saturated rings. The molecule has 0 atom stereocenters. The van der Waals surface area contributed by atoms with E-state index in [1.807, 2.05) is 54.6 Å². The smallest absolute Gasteiger partial charge is 0.261 e. The summed E-state index contributed by atoms with van der Waals surface area (Å²) >= 11 is -1.51. The Hall–Kier alpha value is -4.42. The van der Waals surface area contributed by atoms with Gasteiger partial charge in [0.15, 0.2) is 0 Å². The zero-order valence-electron chi connectivity index (χ0n) is 85.6. The molecule has 0 spiro atoms. The summed E-state index contributed by atoms with van der Waals surface area (Å²) in [5, 5.41) is 21.6. The minimum absolute atomic E-state index is 0.0529. The molecule has 0 unspecified atom stereocenters. The largest absolute Gasteiger partial charge is 0.317 e. The van der Waals surface area contributed by atoms with Crippen molar-refractivity contribution in [2.45, 2.75) is 308 Å². The maximum atomic E-state index is 14.8. The molecule has 8 amide bonds. The average Bonchev–Trinajstić information content (AvgIpc) is 1.52. The molecule has 0 bridgehead atoms. The Bertz CT molecular complexity index is 5950. The first-order valence-electron chi connectivity index (χ1n) is 54.3. The number of amides is 8. The van der Waals surface area contributed by atoms with Crippen molar-refractivity contribution < 1.29 is 38.4 Å². The van der Waals surface area contributed by atoms with Gasteiger partial charge in [-0.05, 0) is 84.6 Å². The van der Waals surface area contributed by atoms with E-state index in [2.05, 4.69) is 106 Å². The van der Waals surface area contributed by atoms with Gasteiger partial charge >= 0.3 is 488 Å². The van der Waals surface area contributed by atoms with E-state index < -0.39 is 122 Å². The zero-order valence-corrected chi connectivity index (χ0v) is 95.8. The van der Waals surface area contributed by atoms with E-state index in [0.29, 0.717) is 55.3 Å². The van der Waals surface area contributed by atoms with E-state index in [0.717, 1.165) is 220 Å². The Balaban J connectivity index is 0.000000150. The van der Waals surface area contributed by atoms with Crippen LogP contribution in [-0.2, 0) is 0 Å². The molecule has 698 valence electrons. The van der Waals surface area contributed by atoms with Crippen molar-refractivity contribution in [2.24, 2.45) is 0 Å². The summed E-state index contributed by atoms with van der Waals surface area (Å²) in [4.78, 5) is 120. The molecule has 0 aromatic heterocycles. The van der Waals surface area contributed by atoms with Crippen LogP contribution in [0.2, 0.25) is 35.5 Å². The average molecular weight is 2240 g/mol. The SMILES string of the molecule is CCC[CH2][Sn]([CH2]CCC)[CH2]CCC.CCC[CH2][Sn]([CH2]CCC)[CH2]CCC.CCC[CH2][Sn]1([CH2]CCC)[c]2cc3c4c(ccc5c6ccc7c8c(c[c]1c(c2c45)c86)C(=O)N(C1CCNCC1)C7=O)C(=O)N(C1CCCCC1)C3=O.O=C1c2ccc3c4ccc5c6c(cc(Br)c(c7ccc(c2c37)C(=O)N1C1CCNCC1)c64)C(=O)N(C1CCCCC1)C5=O.[B]B([B])B(B([B])[B])B(B(B([B])[B])B([B])[B])B(B([B])[B])B([B])[B]. The molecule has 40 heteroatoms. The molecule has 9 aliphatic rings. The van der Waals surface area contributed by atoms with Crippen LogP contribution in [0.15, 0.2) is 83.3 Å². The summed E-state index contributed by atoms with van der Waals surface area (Å²) < 4.78 is 15.8. The third kappa shape index (κ3) is 21.9. The van der Waals surface area contributed by atoms with Gasteiger partial charge in [-0.2, -0.15) is 0 Å². The van der Waals surface area contributed by atoms with E-state index in [1.54, 1.807) is 36.4 Å². The molecule has 2 saturated heterocycles. The number of carbonyl (C=O) groups excluding carboxylic acids is 8. The number of hydrogen-bond acceptors (Lipinski definition) is 10. The molecule has 10 aromatic rings. The maximum Gasteiger partial charge on any atom is 0.261 e. The van der Waals surface area contributed by atoms with Gasteiger partial charge in [-0.1, -0.05) is 53.4 Å².